The third kappa shape index (κ3) is 2.45. The first-order valence-corrected chi connectivity index (χ1v) is 8.16. The monoisotopic (exact) mass is 321 g/mol. The van der Waals surface area contributed by atoms with Crippen molar-refractivity contribution in [3.63, 3.8) is 0 Å². The number of hydrogen-bond donors (Lipinski definition) is 1. The lowest BCUT2D eigenvalue weighted by Crippen LogP contribution is -1.98. The number of benzene rings is 1. The van der Waals surface area contributed by atoms with Crippen LogP contribution in [-0.2, 0) is 0 Å². The second kappa shape index (κ2) is 5.78. The fourth-order valence-electron chi connectivity index (χ4n) is 2.58. The number of imidazole rings is 1. The van der Waals surface area contributed by atoms with Crippen LogP contribution in [0.4, 0.5) is 11.5 Å². The van der Waals surface area contributed by atoms with E-state index in [1.54, 1.807) is 18.4 Å². The summed E-state index contributed by atoms with van der Waals surface area (Å²) in [5.41, 5.74) is 2.77. The highest BCUT2D eigenvalue weighted by Crippen LogP contribution is 2.35. The average molecular weight is 321 g/mol. The molecule has 0 saturated carbocycles. The molecule has 4 nitrogen and oxygen atoms in total. The largest absolute Gasteiger partial charge is 0.495 e. The van der Waals surface area contributed by atoms with E-state index in [1.165, 1.54) is 0 Å². The van der Waals surface area contributed by atoms with E-state index in [1.807, 2.05) is 54.7 Å². The Kier molecular flexibility index (Phi) is 3.48. The van der Waals surface area contributed by atoms with Gasteiger partial charge in [0, 0.05) is 6.20 Å². The molecule has 0 fully saturated rings. The van der Waals surface area contributed by atoms with Crippen molar-refractivity contribution < 1.29 is 4.74 Å². The highest BCUT2D eigenvalue weighted by atomic mass is 32.1. The van der Waals surface area contributed by atoms with Gasteiger partial charge in [-0.2, -0.15) is 0 Å². The van der Waals surface area contributed by atoms with Gasteiger partial charge in [-0.3, -0.25) is 4.40 Å². The molecule has 5 heteroatoms. The van der Waals surface area contributed by atoms with Crippen LogP contribution in [0.3, 0.4) is 0 Å². The highest BCUT2D eigenvalue weighted by molar-refractivity contribution is 7.13. The lowest BCUT2D eigenvalue weighted by Gasteiger charge is -2.11. The Labute approximate surface area is 138 Å². The van der Waals surface area contributed by atoms with E-state index in [0.29, 0.717) is 0 Å². The minimum Gasteiger partial charge on any atom is -0.495 e. The predicted octanol–water partition coefficient (Wildman–Crippen LogP) is 4.82. The van der Waals surface area contributed by atoms with Crippen LogP contribution in [0.15, 0.2) is 66.2 Å². The molecular weight excluding hydrogens is 306 g/mol. The van der Waals surface area contributed by atoms with Crippen molar-refractivity contribution >= 4 is 28.5 Å². The maximum atomic E-state index is 5.45. The molecule has 0 amide bonds. The Morgan fingerprint density at radius 2 is 1.91 bits per heavy atom. The second-order valence-electron chi connectivity index (χ2n) is 5.04. The molecule has 0 bridgehead atoms. The highest BCUT2D eigenvalue weighted by Gasteiger charge is 2.16. The second-order valence-corrected chi connectivity index (χ2v) is 5.99. The van der Waals surface area contributed by atoms with Gasteiger partial charge in [-0.1, -0.05) is 24.3 Å². The lowest BCUT2D eigenvalue weighted by atomic mass is 10.2. The Morgan fingerprint density at radius 1 is 1.04 bits per heavy atom. The Morgan fingerprint density at radius 3 is 2.74 bits per heavy atom. The summed E-state index contributed by atoms with van der Waals surface area (Å²) in [4.78, 5) is 5.91. The third-order valence-corrected chi connectivity index (χ3v) is 4.52. The van der Waals surface area contributed by atoms with Crippen LogP contribution in [0.1, 0.15) is 0 Å². The molecule has 0 spiro atoms. The number of methoxy groups -OCH3 is 1. The maximum absolute atomic E-state index is 5.45. The molecule has 114 valence electrons. The molecule has 0 unspecified atom stereocenters. The van der Waals surface area contributed by atoms with E-state index < -0.39 is 0 Å². The summed E-state index contributed by atoms with van der Waals surface area (Å²) in [5.74, 6) is 1.74. The van der Waals surface area contributed by atoms with Crippen LogP contribution in [0.5, 0.6) is 5.75 Å². The number of thiophene rings is 1. The van der Waals surface area contributed by atoms with Gasteiger partial charge in [0.1, 0.15) is 22.9 Å². The molecule has 1 aromatic carbocycles. The Bertz CT molecular complexity index is 944. The number of aromatic nitrogens is 2. The Hall–Kier alpha value is -2.79. The summed E-state index contributed by atoms with van der Waals surface area (Å²) in [7, 11) is 1.68. The molecule has 4 rings (SSSR count). The number of nitrogens with one attached hydrogen (secondary N) is 1. The molecule has 3 aromatic heterocycles. The van der Waals surface area contributed by atoms with E-state index in [0.717, 1.165) is 33.5 Å². The standard InChI is InChI=1S/C18H15N3OS/c1-22-14-8-3-2-7-13(14)19-18-17(15-9-6-12-23-15)20-16-10-4-5-11-21(16)18/h2-12,19H,1H3. The minimum atomic E-state index is 0.801. The van der Waals surface area contributed by atoms with Crippen LogP contribution in [0.2, 0.25) is 0 Å². The van der Waals surface area contributed by atoms with E-state index in [2.05, 4.69) is 21.2 Å². The zero-order chi connectivity index (χ0) is 15.6. The number of anilines is 2. The summed E-state index contributed by atoms with van der Waals surface area (Å²) in [5, 5.41) is 5.55. The van der Waals surface area contributed by atoms with Gasteiger partial charge in [0.05, 0.1) is 17.7 Å². The predicted molar refractivity (Wildman–Crippen MR) is 94.8 cm³/mol. The van der Waals surface area contributed by atoms with Crippen molar-refractivity contribution in [2.24, 2.45) is 0 Å². The molecule has 0 aliphatic heterocycles. The number of para-hydroxylation sites is 2. The number of rotatable bonds is 4. The molecule has 0 aliphatic rings. The molecule has 23 heavy (non-hydrogen) atoms. The van der Waals surface area contributed by atoms with Crippen LogP contribution in [-0.4, -0.2) is 16.5 Å². The number of ether oxygens (including phenoxy) is 1. The van der Waals surface area contributed by atoms with Gasteiger partial charge in [-0.25, -0.2) is 4.98 Å². The molecule has 0 aliphatic carbocycles. The van der Waals surface area contributed by atoms with Gasteiger partial charge in [-0.15, -0.1) is 11.3 Å². The van der Waals surface area contributed by atoms with Crippen molar-refractivity contribution in [3.8, 4) is 16.3 Å². The third-order valence-electron chi connectivity index (χ3n) is 3.64. The van der Waals surface area contributed by atoms with E-state index >= 15 is 0 Å². The topological polar surface area (TPSA) is 38.6 Å². The molecule has 0 saturated heterocycles. The van der Waals surface area contributed by atoms with Crippen LogP contribution < -0.4 is 10.1 Å². The average Bonchev–Trinajstić information content (AvgIpc) is 3.23. The van der Waals surface area contributed by atoms with Gasteiger partial charge in [0.2, 0.25) is 0 Å². The summed E-state index contributed by atoms with van der Waals surface area (Å²) in [6.45, 7) is 0. The molecular formula is C18H15N3OS. The summed E-state index contributed by atoms with van der Waals surface area (Å²) < 4.78 is 7.50. The fraction of sp³-hybridized carbons (Fsp3) is 0.0556. The molecule has 3 heterocycles. The van der Waals surface area contributed by atoms with Crippen LogP contribution in [0, 0.1) is 0 Å². The first kappa shape index (κ1) is 13.8. The van der Waals surface area contributed by atoms with Crippen molar-refractivity contribution in [3.05, 3.63) is 66.2 Å². The number of fused-ring (bicyclic) bond motifs is 1. The van der Waals surface area contributed by atoms with Gasteiger partial charge in [0.15, 0.2) is 0 Å². The van der Waals surface area contributed by atoms with Crippen molar-refractivity contribution in [1.29, 1.82) is 0 Å². The summed E-state index contributed by atoms with van der Waals surface area (Å²) in [6, 6.07) is 18.0. The van der Waals surface area contributed by atoms with Gasteiger partial charge >= 0.3 is 0 Å². The minimum absolute atomic E-state index is 0.801. The molecule has 0 atom stereocenters. The summed E-state index contributed by atoms with van der Waals surface area (Å²) in [6.07, 6.45) is 2.01. The van der Waals surface area contributed by atoms with Crippen LogP contribution in [0.25, 0.3) is 16.2 Å². The smallest absolute Gasteiger partial charge is 0.144 e. The molecule has 0 radical (unpaired) electrons. The number of hydrogen-bond acceptors (Lipinski definition) is 4. The SMILES string of the molecule is COc1ccccc1Nc1c(-c2cccs2)nc2ccccn12. The van der Waals surface area contributed by atoms with Crippen molar-refractivity contribution in [2.75, 3.05) is 12.4 Å². The van der Waals surface area contributed by atoms with Crippen molar-refractivity contribution in [1.82, 2.24) is 9.38 Å². The summed E-state index contributed by atoms with van der Waals surface area (Å²) >= 11 is 1.68. The Balaban J connectivity index is 1.89. The lowest BCUT2D eigenvalue weighted by molar-refractivity contribution is 0.417. The fourth-order valence-corrected chi connectivity index (χ4v) is 3.29. The first-order chi connectivity index (χ1) is 11.4. The van der Waals surface area contributed by atoms with Crippen LogP contribution >= 0.6 is 11.3 Å². The van der Waals surface area contributed by atoms with Crippen molar-refractivity contribution in [2.45, 2.75) is 0 Å². The maximum Gasteiger partial charge on any atom is 0.144 e. The first-order valence-electron chi connectivity index (χ1n) is 7.28. The molecule has 4 aromatic rings. The normalized spacial score (nSPS) is 10.8. The zero-order valence-corrected chi connectivity index (χ0v) is 13.4. The van der Waals surface area contributed by atoms with Gasteiger partial charge < -0.3 is 10.1 Å². The van der Waals surface area contributed by atoms with E-state index in [-0.39, 0.29) is 0 Å². The quantitative estimate of drug-likeness (QED) is 0.586. The molecule has 1 N–H and O–H groups in total. The van der Waals surface area contributed by atoms with Gasteiger partial charge in [0.25, 0.3) is 0 Å². The van der Waals surface area contributed by atoms with E-state index in [9.17, 15) is 0 Å². The number of pyridine rings is 1. The van der Waals surface area contributed by atoms with Gasteiger partial charge in [-0.05, 0) is 35.7 Å². The van der Waals surface area contributed by atoms with E-state index in [4.69, 9.17) is 9.72 Å². The number of nitrogens with zero attached hydrogens (tertiary/aromatic N) is 2. The zero-order valence-electron chi connectivity index (χ0n) is 12.6.